The fourth-order valence-corrected chi connectivity index (χ4v) is 2.84. The molecule has 0 fully saturated rings. The average molecular weight is 373 g/mol. The number of hydrogen-bond donors (Lipinski definition) is 2. The Morgan fingerprint density at radius 2 is 1.88 bits per heavy atom. The van der Waals surface area contributed by atoms with E-state index in [1.807, 2.05) is 0 Å². The molecule has 0 aliphatic rings. The molecule has 0 radical (unpaired) electrons. The van der Waals surface area contributed by atoms with E-state index in [9.17, 15) is 13.5 Å². The summed E-state index contributed by atoms with van der Waals surface area (Å²) in [6, 6.07) is 12.3. The molecular weight excluding hydrogens is 354 g/mol. The van der Waals surface area contributed by atoms with Crippen molar-refractivity contribution in [1.82, 2.24) is 0 Å². The van der Waals surface area contributed by atoms with Gasteiger partial charge in [0, 0.05) is 18.6 Å². The van der Waals surface area contributed by atoms with Crippen LogP contribution in [0, 0.1) is 0 Å². The number of aromatic nitrogens is 1. The lowest BCUT2D eigenvalue weighted by molar-refractivity contribution is -0.710. The van der Waals surface area contributed by atoms with Crippen LogP contribution in [-0.2, 0) is 23.1 Å². The lowest BCUT2D eigenvalue weighted by Crippen LogP contribution is -2.45. The van der Waals surface area contributed by atoms with Gasteiger partial charge in [-0.15, -0.1) is 0 Å². The SMILES string of the molecule is O=S(=O)(O)CCc1cccc[n+]1C[C@@H](O)COc1ccccc1Cl. The minimum absolute atomic E-state index is 0.0450. The molecule has 0 aliphatic heterocycles. The molecule has 2 rings (SSSR count). The zero-order chi connectivity index (χ0) is 17.6. The maximum atomic E-state index is 10.9. The molecule has 0 aliphatic carbocycles. The van der Waals surface area contributed by atoms with E-state index < -0.39 is 16.2 Å². The monoisotopic (exact) mass is 372 g/mol. The molecule has 2 aromatic rings. The summed E-state index contributed by atoms with van der Waals surface area (Å²) in [6.07, 6.45) is 1.08. The van der Waals surface area contributed by atoms with Crippen molar-refractivity contribution in [3.8, 4) is 5.75 Å². The van der Waals surface area contributed by atoms with E-state index in [0.29, 0.717) is 16.5 Å². The highest BCUT2D eigenvalue weighted by molar-refractivity contribution is 7.85. The Labute approximate surface area is 146 Å². The summed E-state index contributed by atoms with van der Waals surface area (Å²) in [7, 11) is -4.03. The average Bonchev–Trinajstić information content (AvgIpc) is 2.52. The molecule has 0 unspecified atom stereocenters. The molecule has 130 valence electrons. The highest BCUT2D eigenvalue weighted by Gasteiger charge is 2.18. The van der Waals surface area contributed by atoms with Crippen molar-refractivity contribution in [1.29, 1.82) is 0 Å². The molecule has 1 heterocycles. The van der Waals surface area contributed by atoms with Gasteiger partial charge >= 0.3 is 0 Å². The molecule has 1 aromatic carbocycles. The zero-order valence-corrected chi connectivity index (χ0v) is 14.4. The number of para-hydroxylation sites is 1. The minimum atomic E-state index is -4.03. The lowest BCUT2D eigenvalue weighted by atomic mass is 10.2. The van der Waals surface area contributed by atoms with Crippen molar-refractivity contribution in [3.63, 3.8) is 0 Å². The molecule has 24 heavy (non-hydrogen) atoms. The van der Waals surface area contributed by atoms with Gasteiger partial charge in [0.05, 0.1) is 10.8 Å². The van der Waals surface area contributed by atoms with Gasteiger partial charge in [-0.1, -0.05) is 29.8 Å². The molecular formula is C16H19ClNO5S+. The highest BCUT2D eigenvalue weighted by atomic mass is 35.5. The number of benzene rings is 1. The van der Waals surface area contributed by atoms with Crippen molar-refractivity contribution in [2.24, 2.45) is 0 Å². The van der Waals surface area contributed by atoms with Gasteiger partial charge in [-0.2, -0.15) is 13.0 Å². The normalized spacial score (nSPS) is 12.8. The van der Waals surface area contributed by atoms with Crippen LogP contribution < -0.4 is 9.30 Å². The van der Waals surface area contributed by atoms with Gasteiger partial charge in [0.15, 0.2) is 18.4 Å². The number of ether oxygens (including phenoxy) is 1. The first-order valence-electron chi connectivity index (χ1n) is 7.33. The molecule has 0 saturated heterocycles. The van der Waals surface area contributed by atoms with Crippen molar-refractivity contribution < 1.29 is 27.4 Å². The predicted octanol–water partition coefficient (Wildman–Crippen LogP) is 1.50. The third-order valence-corrected chi connectivity index (χ3v) is 4.36. The Morgan fingerprint density at radius 3 is 2.58 bits per heavy atom. The Morgan fingerprint density at radius 1 is 1.17 bits per heavy atom. The molecule has 2 N–H and O–H groups in total. The van der Waals surface area contributed by atoms with E-state index in [4.69, 9.17) is 20.9 Å². The number of rotatable bonds is 8. The quantitative estimate of drug-likeness (QED) is 0.541. The van der Waals surface area contributed by atoms with Gasteiger partial charge in [-0.3, -0.25) is 4.55 Å². The predicted molar refractivity (Wildman–Crippen MR) is 89.7 cm³/mol. The fourth-order valence-electron chi connectivity index (χ4n) is 2.18. The van der Waals surface area contributed by atoms with Crippen LogP contribution in [0.3, 0.4) is 0 Å². The number of aliphatic hydroxyl groups is 1. The third-order valence-electron chi connectivity index (χ3n) is 3.33. The summed E-state index contributed by atoms with van der Waals surface area (Å²) in [6.45, 7) is 0.273. The van der Waals surface area contributed by atoms with Crippen molar-refractivity contribution >= 4 is 21.7 Å². The van der Waals surface area contributed by atoms with Gasteiger partial charge < -0.3 is 9.84 Å². The Balaban J connectivity index is 1.96. The second kappa shape index (κ2) is 8.43. The zero-order valence-electron chi connectivity index (χ0n) is 12.9. The van der Waals surface area contributed by atoms with Crippen molar-refractivity contribution in [2.75, 3.05) is 12.4 Å². The Kier molecular flexibility index (Phi) is 6.56. The second-order valence-corrected chi connectivity index (χ2v) is 7.25. The topological polar surface area (TPSA) is 87.7 Å². The van der Waals surface area contributed by atoms with Gasteiger partial charge in [0.1, 0.15) is 18.5 Å². The van der Waals surface area contributed by atoms with Gasteiger partial charge in [-0.05, 0) is 12.1 Å². The van der Waals surface area contributed by atoms with E-state index in [-0.39, 0.29) is 25.3 Å². The first kappa shape index (κ1) is 18.7. The highest BCUT2D eigenvalue weighted by Crippen LogP contribution is 2.23. The van der Waals surface area contributed by atoms with Gasteiger partial charge in [0.2, 0.25) is 0 Å². The Bertz CT molecular complexity index is 782. The van der Waals surface area contributed by atoms with Crippen LogP contribution in [0.15, 0.2) is 48.7 Å². The smallest absolute Gasteiger partial charge is 0.265 e. The first-order valence-corrected chi connectivity index (χ1v) is 9.32. The summed E-state index contributed by atoms with van der Waals surface area (Å²) in [4.78, 5) is 0. The molecule has 1 atom stereocenters. The largest absolute Gasteiger partial charge is 0.489 e. The summed E-state index contributed by atoms with van der Waals surface area (Å²) in [5.41, 5.74) is 0.687. The third kappa shape index (κ3) is 6.09. The number of halogens is 1. The maximum absolute atomic E-state index is 10.9. The van der Waals surface area contributed by atoms with Crippen molar-refractivity contribution in [2.45, 2.75) is 19.1 Å². The van der Waals surface area contributed by atoms with Gasteiger partial charge in [-0.25, -0.2) is 0 Å². The number of aryl methyl sites for hydroxylation is 1. The van der Waals surface area contributed by atoms with Crippen LogP contribution in [0.1, 0.15) is 5.69 Å². The van der Waals surface area contributed by atoms with Crippen molar-refractivity contribution in [3.05, 3.63) is 59.4 Å². The lowest BCUT2D eigenvalue weighted by Gasteiger charge is -2.12. The molecule has 1 aromatic heterocycles. The fraction of sp³-hybridized carbons (Fsp3) is 0.312. The van der Waals surface area contributed by atoms with Crippen LogP contribution in [0.2, 0.25) is 5.02 Å². The van der Waals surface area contributed by atoms with E-state index >= 15 is 0 Å². The van der Waals surface area contributed by atoms with Gasteiger partial charge in [0.25, 0.3) is 10.1 Å². The second-order valence-electron chi connectivity index (χ2n) is 5.28. The number of aliphatic hydroxyl groups excluding tert-OH is 1. The number of nitrogens with zero attached hydrogens (tertiary/aromatic N) is 1. The molecule has 6 nitrogen and oxygen atoms in total. The minimum Gasteiger partial charge on any atom is -0.489 e. The summed E-state index contributed by atoms with van der Waals surface area (Å²) < 4.78 is 37.9. The number of hydrogen-bond acceptors (Lipinski definition) is 4. The summed E-state index contributed by atoms with van der Waals surface area (Å²) in [5, 5.41) is 10.6. The van der Waals surface area contributed by atoms with Crippen LogP contribution >= 0.6 is 11.6 Å². The van der Waals surface area contributed by atoms with E-state index in [2.05, 4.69) is 0 Å². The van der Waals surface area contributed by atoms with E-state index in [0.717, 1.165) is 0 Å². The van der Waals surface area contributed by atoms with E-state index in [1.165, 1.54) is 0 Å². The van der Waals surface area contributed by atoms with Crippen LogP contribution in [0.25, 0.3) is 0 Å². The molecule has 0 amide bonds. The summed E-state index contributed by atoms with van der Waals surface area (Å²) in [5.74, 6) is 0.117. The maximum Gasteiger partial charge on any atom is 0.265 e. The van der Waals surface area contributed by atoms with Crippen LogP contribution in [0.5, 0.6) is 5.75 Å². The molecule has 0 saturated carbocycles. The summed E-state index contributed by atoms with van der Waals surface area (Å²) >= 11 is 5.98. The standard InChI is InChI=1S/C16H18ClNO5S/c17-15-6-1-2-7-16(15)23-12-14(19)11-18-9-4-3-5-13(18)8-10-24(20,21)22/h1-7,9,14,19H,8,10-12H2/p+1/t14-/m1/s1. The van der Waals surface area contributed by atoms with Crippen LogP contribution in [0.4, 0.5) is 0 Å². The molecule has 8 heteroatoms. The van der Waals surface area contributed by atoms with E-state index in [1.54, 1.807) is 53.2 Å². The first-order chi connectivity index (χ1) is 11.3. The number of pyridine rings is 1. The van der Waals surface area contributed by atoms with Crippen LogP contribution in [-0.4, -0.2) is 36.5 Å². The molecule has 0 spiro atoms. The Hall–Kier alpha value is -1.67. The molecule has 0 bridgehead atoms.